The van der Waals surface area contributed by atoms with Crippen molar-refractivity contribution < 1.29 is 9.90 Å². The average molecular weight is 320 g/mol. The summed E-state index contributed by atoms with van der Waals surface area (Å²) >= 11 is 0. The van der Waals surface area contributed by atoms with Crippen molar-refractivity contribution in [1.29, 1.82) is 0 Å². The Balaban J connectivity index is 2.07. The molecule has 0 bridgehead atoms. The zero-order chi connectivity index (χ0) is 17.3. The van der Waals surface area contributed by atoms with E-state index in [-0.39, 0.29) is 0 Å². The summed E-state index contributed by atoms with van der Waals surface area (Å²) in [5, 5.41) is 14.6. The second-order valence-corrected chi connectivity index (χ2v) is 6.06. The monoisotopic (exact) mass is 320 g/mol. The minimum Gasteiger partial charge on any atom is -0.478 e. The molecule has 0 fully saturated rings. The van der Waals surface area contributed by atoms with Gasteiger partial charge in [-0.1, -0.05) is 30.3 Å². The molecule has 1 aromatic heterocycles. The quantitative estimate of drug-likeness (QED) is 0.736. The van der Waals surface area contributed by atoms with Gasteiger partial charge in [0.2, 0.25) is 0 Å². The number of hydrogen-bond acceptors (Lipinski definition) is 2. The third-order valence-corrected chi connectivity index (χ3v) is 4.33. The number of aromatic nitrogens is 2. The molecule has 0 amide bonds. The van der Waals surface area contributed by atoms with Gasteiger partial charge >= 0.3 is 5.97 Å². The maximum atomic E-state index is 10.7. The molecule has 0 atom stereocenters. The molecule has 24 heavy (non-hydrogen) atoms. The molecule has 0 radical (unpaired) electrons. The largest absolute Gasteiger partial charge is 0.478 e. The van der Waals surface area contributed by atoms with Gasteiger partial charge in [0.1, 0.15) is 0 Å². The summed E-state index contributed by atoms with van der Waals surface area (Å²) in [7, 11) is 0. The molecule has 0 spiro atoms. The van der Waals surface area contributed by atoms with Crippen LogP contribution in [-0.2, 0) is 11.3 Å². The van der Waals surface area contributed by atoms with Gasteiger partial charge in [0.05, 0.1) is 17.8 Å². The van der Waals surface area contributed by atoms with E-state index in [1.165, 1.54) is 16.7 Å². The van der Waals surface area contributed by atoms with E-state index >= 15 is 0 Å². The van der Waals surface area contributed by atoms with Crippen LogP contribution in [0.5, 0.6) is 0 Å². The Morgan fingerprint density at radius 3 is 2.54 bits per heavy atom. The van der Waals surface area contributed by atoms with Crippen LogP contribution in [0.1, 0.15) is 27.9 Å². The highest BCUT2D eigenvalue weighted by Crippen LogP contribution is 2.23. The summed E-state index contributed by atoms with van der Waals surface area (Å²) < 4.78 is 2.00. The molecule has 0 aliphatic rings. The van der Waals surface area contributed by atoms with Crippen LogP contribution in [0.25, 0.3) is 17.0 Å². The number of fused-ring (bicyclic) bond motifs is 1. The lowest BCUT2D eigenvalue weighted by atomic mass is 10.0. The number of carbonyl (C=O) groups is 1. The molecule has 0 saturated carbocycles. The molecule has 122 valence electrons. The second-order valence-electron chi connectivity index (χ2n) is 6.06. The number of benzene rings is 2. The molecule has 3 rings (SSSR count). The lowest BCUT2D eigenvalue weighted by Crippen LogP contribution is -2.05. The molecular weight excluding hydrogens is 300 g/mol. The summed E-state index contributed by atoms with van der Waals surface area (Å²) in [4.78, 5) is 10.7. The Kier molecular flexibility index (Phi) is 4.21. The Morgan fingerprint density at radius 2 is 1.88 bits per heavy atom. The number of hydrogen-bond donors (Lipinski definition) is 1. The summed E-state index contributed by atoms with van der Waals surface area (Å²) in [6.45, 7) is 6.93. The van der Waals surface area contributed by atoms with Crippen molar-refractivity contribution in [2.45, 2.75) is 27.3 Å². The van der Waals surface area contributed by atoms with Crippen LogP contribution in [0.15, 0.2) is 42.5 Å². The van der Waals surface area contributed by atoms with Crippen molar-refractivity contribution in [2.24, 2.45) is 0 Å². The van der Waals surface area contributed by atoms with Crippen molar-refractivity contribution in [3.63, 3.8) is 0 Å². The van der Waals surface area contributed by atoms with Crippen LogP contribution in [0.3, 0.4) is 0 Å². The fraction of sp³-hybridized carbons (Fsp3) is 0.200. The number of nitrogens with zero attached hydrogens (tertiary/aromatic N) is 2. The first kappa shape index (κ1) is 16.0. The van der Waals surface area contributed by atoms with Gasteiger partial charge in [0, 0.05) is 11.5 Å². The van der Waals surface area contributed by atoms with E-state index in [0.29, 0.717) is 6.54 Å². The molecule has 1 heterocycles. The molecule has 0 aliphatic heterocycles. The SMILES string of the molecule is Cc1cccc(C)c1Cn1nc(C)c2ccc(C=CC(=O)O)cc21. The van der Waals surface area contributed by atoms with Crippen LogP contribution >= 0.6 is 0 Å². The molecule has 0 unspecified atom stereocenters. The van der Waals surface area contributed by atoms with Crippen LogP contribution in [0, 0.1) is 20.8 Å². The third kappa shape index (κ3) is 3.08. The molecule has 2 aromatic carbocycles. The first-order valence-corrected chi connectivity index (χ1v) is 7.89. The van der Waals surface area contributed by atoms with Gasteiger partial charge in [-0.15, -0.1) is 0 Å². The summed E-state index contributed by atoms with van der Waals surface area (Å²) in [6, 6.07) is 12.2. The second kappa shape index (κ2) is 6.32. The summed E-state index contributed by atoms with van der Waals surface area (Å²) in [6.07, 6.45) is 2.76. The minimum atomic E-state index is -0.949. The molecule has 0 aliphatic carbocycles. The van der Waals surface area contributed by atoms with Crippen LogP contribution in [0.2, 0.25) is 0 Å². The molecule has 3 aromatic rings. The van der Waals surface area contributed by atoms with E-state index in [2.05, 4.69) is 37.1 Å². The molecule has 0 saturated heterocycles. The van der Waals surface area contributed by atoms with Gasteiger partial charge in [-0.05, 0) is 55.2 Å². The number of aliphatic carboxylic acids is 1. The Bertz CT molecular complexity index is 931. The topological polar surface area (TPSA) is 55.1 Å². The molecular formula is C20H20N2O2. The van der Waals surface area contributed by atoms with Gasteiger partial charge in [0.25, 0.3) is 0 Å². The van der Waals surface area contributed by atoms with E-state index in [9.17, 15) is 4.79 Å². The lowest BCUT2D eigenvalue weighted by molar-refractivity contribution is -0.131. The highest BCUT2D eigenvalue weighted by molar-refractivity contribution is 5.88. The summed E-state index contributed by atoms with van der Waals surface area (Å²) in [5.74, 6) is -0.949. The van der Waals surface area contributed by atoms with Gasteiger partial charge in [-0.2, -0.15) is 5.10 Å². The average Bonchev–Trinajstić information content (AvgIpc) is 2.85. The molecule has 4 heteroatoms. The molecule has 1 N–H and O–H groups in total. The van der Waals surface area contributed by atoms with E-state index < -0.39 is 5.97 Å². The predicted octanol–water partition coefficient (Wildman–Crippen LogP) is 4.11. The number of aryl methyl sites for hydroxylation is 3. The number of rotatable bonds is 4. The number of carboxylic acids is 1. The fourth-order valence-corrected chi connectivity index (χ4v) is 3.00. The Morgan fingerprint density at radius 1 is 1.17 bits per heavy atom. The van der Waals surface area contributed by atoms with Crippen molar-refractivity contribution >= 4 is 22.9 Å². The van der Waals surface area contributed by atoms with Gasteiger partial charge < -0.3 is 5.11 Å². The zero-order valence-electron chi connectivity index (χ0n) is 14.1. The van der Waals surface area contributed by atoms with E-state index in [4.69, 9.17) is 5.11 Å². The predicted molar refractivity (Wildman–Crippen MR) is 96.2 cm³/mol. The van der Waals surface area contributed by atoms with Crippen molar-refractivity contribution in [3.8, 4) is 0 Å². The first-order chi connectivity index (χ1) is 11.5. The highest BCUT2D eigenvalue weighted by atomic mass is 16.4. The fourth-order valence-electron chi connectivity index (χ4n) is 3.00. The zero-order valence-corrected chi connectivity index (χ0v) is 14.1. The lowest BCUT2D eigenvalue weighted by Gasteiger charge is -2.11. The van der Waals surface area contributed by atoms with Gasteiger partial charge in [-0.3, -0.25) is 4.68 Å². The van der Waals surface area contributed by atoms with Crippen LogP contribution < -0.4 is 0 Å². The third-order valence-electron chi connectivity index (χ3n) is 4.33. The molecule has 4 nitrogen and oxygen atoms in total. The maximum Gasteiger partial charge on any atom is 0.328 e. The van der Waals surface area contributed by atoms with Crippen molar-refractivity contribution in [1.82, 2.24) is 9.78 Å². The summed E-state index contributed by atoms with van der Waals surface area (Å²) in [5.41, 5.74) is 6.62. The van der Waals surface area contributed by atoms with E-state index in [1.54, 1.807) is 6.08 Å². The standard InChI is InChI=1S/C20H20N2O2/c1-13-5-4-6-14(2)18(13)12-22-19-11-16(8-10-20(23)24)7-9-17(19)15(3)21-22/h4-11H,12H2,1-3H3,(H,23,24). The van der Waals surface area contributed by atoms with Crippen LogP contribution in [-0.4, -0.2) is 20.9 Å². The van der Waals surface area contributed by atoms with Crippen LogP contribution in [0.4, 0.5) is 0 Å². The Hall–Kier alpha value is -2.88. The smallest absolute Gasteiger partial charge is 0.328 e. The van der Waals surface area contributed by atoms with Crippen molar-refractivity contribution in [2.75, 3.05) is 0 Å². The maximum absolute atomic E-state index is 10.7. The first-order valence-electron chi connectivity index (χ1n) is 7.89. The van der Waals surface area contributed by atoms with Gasteiger partial charge in [0.15, 0.2) is 0 Å². The normalized spacial score (nSPS) is 11.5. The van der Waals surface area contributed by atoms with E-state index in [1.807, 2.05) is 29.8 Å². The van der Waals surface area contributed by atoms with E-state index in [0.717, 1.165) is 28.2 Å². The Labute approximate surface area is 141 Å². The highest BCUT2D eigenvalue weighted by Gasteiger charge is 2.10. The number of carboxylic acid groups (broad SMARTS) is 1. The van der Waals surface area contributed by atoms with Crippen molar-refractivity contribution in [3.05, 3.63) is 70.4 Å². The van der Waals surface area contributed by atoms with Gasteiger partial charge in [-0.25, -0.2) is 4.79 Å². The minimum absolute atomic E-state index is 0.703.